The van der Waals surface area contributed by atoms with E-state index >= 15 is 0 Å². The average molecular weight is 459 g/mol. The van der Waals surface area contributed by atoms with Gasteiger partial charge in [0.2, 0.25) is 5.91 Å². The molecule has 1 N–H and O–H groups in total. The van der Waals surface area contributed by atoms with Gasteiger partial charge in [0.05, 0.1) is 17.0 Å². The molecule has 0 atom stereocenters. The zero-order chi connectivity index (χ0) is 18.7. The Kier molecular flexibility index (Phi) is 6.00. The van der Waals surface area contributed by atoms with Crippen molar-refractivity contribution >= 4 is 50.2 Å². The van der Waals surface area contributed by atoms with E-state index in [1.165, 1.54) is 17.4 Å². The van der Waals surface area contributed by atoms with Crippen molar-refractivity contribution in [1.29, 1.82) is 0 Å². The van der Waals surface area contributed by atoms with Gasteiger partial charge in [-0.1, -0.05) is 6.07 Å². The maximum atomic E-state index is 12.4. The second-order valence-electron chi connectivity index (χ2n) is 5.31. The van der Waals surface area contributed by atoms with Gasteiger partial charge in [0.25, 0.3) is 0 Å². The minimum Gasteiger partial charge on any atom is -0.434 e. The summed E-state index contributed by atoms with van der Waals surface area (Å²) in [7, 11) is 0. The molecule has 4 nitrogen and oxygen atoms in total. The van der Waals surface area contributed by atoms with E-state index in [0.29, 0.717) is 16.9 Å². The van der Waals surface area contributed by atoms with Gasteiger partial charge in [-0.15, -0.1) is 22.7 Å². The van der Waals surface area contributed by atoms with Crippen LogP contribution in [0.2, 0.25) is 0 Å². The molecule has 0 saturated heterocycles. The van der Waals surface area contributed by atoms with Crippen molar-refractivity contribution in [2.24, 2.45) is 0 Å². The Morgan fingerprint density at radius 2 is 2.15 bits per heavy atom. The molecule has 9 heteroatoms. The van der Waals surface area contributed by atoms with E-state index in [0.717, 1.165) is 14.4 Å². The van der Waals surface area contributed by atoms with Gasteiger partial charge in [-0.25, -0.2) is 4.98 Å². The third-order valence-electron chi connectivity index (χ3n) is 3.45. The summed E-state index contributed by atoms with van der Waals surface area (Å²) in [5.41, 5.74) is 1.54. The first-order valence-electron chi connectivity index (χ1n) is 7.45. The summed E-state index contributed by atoms with van der Waals surface area (Å²) in [5, 5.41) is 7.39. The van der Waals surface area contributed by atoms with Gasteiger partial charge >= 0.3 is 6.61 Å². The van der Waals surface area contributed by atoms with Gasteiger partial charge in [0.15, 0.2) is 0 Å². The van der Waals surface area contributed by atoms with Crippen LogP contribution < -0.4 is 10.1 Å². The molecular weight excluding hydrogens is 446 g/mol. The Bertz CT molecular complexity index is 927. The zero-order valence-electron chi connectivity index (χ0n) is 13.5. The molecule has 26 heavy (non-hydrogen) atoms. The highest BCUT2D eigenvalue weighted by molar-refractivity contribution is 9.10. The number of anilines is 1. The molecule has 1 amide bonds. The van der Waals surface area contributed by atoms with Crippen molar-refractivity contribution in [3.63, 3.8) is 0 Å². The molecule has 0 radical (unpaired) electrons. The Balaban J connectivity index is 1.67. The predicted molar refractivity (Wildman–Crippen MR) is 103 cm³/mol. The number of ether oxygens (including phenoxy) is 1. The number of nitrogens with zero attached hydrogens (tertiary/aromatic N) is 1. The van der Waals surface area contributed by atoms with Crippen molar-refractivity contribution in [3.8, 4) is 15.6 Å². The van der Waals surface area contributed by atoms with Gasteiger partial charge < -0.3 is 10.1 Å². The number of thiazole rings is 1. The molecule has 0 aliphatic heterocycles. The molecule has 136 valence electrons. The van der Waals surface area contributed by atoms with E-state index in [1.54, 1.807) is 30.4 Å². The number of amides is 1. The summed E-state index contributed by atoms with van der Waals surface area (Å²) in [6, 6.07) is 6.60. The van der Waals surface area contributed by atoms with Crippen molar-refractivity contribution < 1.29 is 18.3 Å². The quantitative estimate of drug-likeness (QED) is 0.513. The van der Waals surface area contributed by atoms with E-state index in [-0.39, 0.29) is 18.1 Å². The Morgan fingerprint density at radius 3 is 2.85 bits per heavy atom. The van der Waals surface area contributed by atoms with E-state index in [4.69, 9.17) is 0 Å². The van der Waals surface area contributed by atoms with Crippen LogP contribution >= 0.6 is 38.6 Å². The number of alkyl halides is 2. The summed E-state index contributed by atoms with van der Waals surface area (Å²) in [5.74, 6) is -0.233. The number of hydrogen-bond donors (Lipinski definition) is 1. The van der Waals surface area contributed by atoms with Crippen LogP contribution in [0, 0.1) is 6.92 Å². The predicted octanol–water partition coefficient (Wildman–Crippen LogP) is 5.73. The molecule has 0 aliphatic carbocycles. The van der Waals surface area contributed by atoms with Crippen LogP contribution in [-0.4, -0.2) is 17.5 Å². The summed E-state index contributed by atoms with van der Waals surface area (Å²) in [6.07, 6.45) is 0.0996. The van der Waals surface area contributed by atoms with Gasteiger partial charge in [-0.3, -0.25) is 4.79 Å². The van der Waals surface area contributed by atoms with Crippen LogP contribution in [0.1, 0.15) is 11.3 Å². The molecule has 3 rings (SSSR count). The number of aromatic nitrogens is 1. The van der Waals surface area contributed by atoms with Crippen LogP contribution in [0.25, 0.3) is 9.88 Å². The largest absolute Gasteiger partial charge is 0.434 e. The lowest BCUT2D eigenvalue weighted by Gasteiger charge is -2.12. The van der Waals surface area contributed by atoms with Crippen molar-refractivity contribution in [2.45, 2.75) is 20.0 Å². The number of nitrogens with one attached hydrogen (secondary N) is 1. The van der Waals surface area contributed by atoms with Gasteiger partial charge in [0, 0.05) is 26.5 Å². The van der Waals surface area contributed by atoms with Crippen LogP contribution in [0.5, 0.6) is 5.75 Å². The van der Waals surface area contributed by atoms with E-state index in [2.05, 4.69) is 31.0 Å². The molecule has 0 unspecified atom stereocenters. The molecule has 0 spiro atoms. The minimum absolute atomic E-state index is 0.0389. The second-order valence-corrected chi connectivity index (χ2v) is 7.99. The third-order valence-corrected chi connectivity index (χ3v) is 6.20. The molecular formula is C17H13BrF2N2O2S2. The lowest BCUT2D eigenvalue weighted by molar-refractivity contribution is -0.115. The first kappa shape index (κ1) is 18.9. The number of halogens is 3. The van der Waals surface area contributed by atoms with Crippen molar-refractivity contribution in [2.75, 3.05) is 5.32 Å². The standard InChI is InChI=1S/C17H13BrF2N2O2S2/c1-9-12(3-2-4-13(9)24-17(19)20)22-15(23)6-11-8-26-16(21-11)14-5-10(18)7-25-14/h2-5,7-8,17H,6H2,1H3,(H,22,23). The number of hydrogen-bond acceptors (Lipinski definition) is 5. The highest BCUT2D eigenvalue weighted by Crippen LogP contribution is 2.32. The molecule has 0 aliphatic rings. The van der Waals surface area contributed by atoms with Crippen LogP contribution in [0.15, 0.2) is 39.5 Å². The highest BCUT2D eigenvalue weighted by atomic mass is 79.9. The highest BCUT2D eigenvalue weighted by Gasteiger charge is 2.14. The second kappa shape index (κ2) is 8.24. The third kappa shape index (κ3) is 4.66. The fourth-order valence-corrected chi connectivity index (χ4v) is 4.59. The zero-order valence-corrected chi connectivity index (χ0v) is 16.7. The average Bonchev–Trinajstić information content (AvgIpc) is 3.20. The molecule has 2 heterocycles. The van der Waals surface area contributed by atoms with E-state index in [9.17, 15) is 13.6 Å². The Hall–Kier alpha value is -1.84. The van der Waals surface area contributed by atoms with Crippen LogP contribution in [0.3, 0.4) is 0 Å². The molecule has 3 aromatic rings. The van der Waals surface area contributed by atoms with Crippen LogP contribution in [-0.2, 0) is 11.2 Å². The van der Waals surface area contributed by atoms with E-state index < -0.39 is 6.61 Å². The molecule has 2 aromatic heterocycles. The number of carbonyl (C=O) groups excluding carboxylic acids is 1. The van der Waals surface area contributed by atoms with Crippen LogP contribution in [0.4, 0.5) is 14.5 Å². The van der Waals surface area contributed by atoms with Gasteiger partial charge in [-0.2, -0.15) is 8.78 Å². The number of thiophene rings is 1. The maximum Gasteiger partial charge on any atom is 0.387 e. The monoisotopic (exact) mass is 458 g/mol. The summed E-state index contributed by atoms with van der Waals surface area (Å²) < 4.78 is 30.3. The fourth-order valence-electron chi connectivity index (χ4n) is 2.26. The summed E-state index contributed by atoms with van der Waals surface area (Å²) in [4.78, 5) is 17.8. The summed E-state index contributed by atoms with van der Waals surface area (Å²) in [6.45, 7) is -1.30. The number of rotatable bonds is 6. The van der Waals surface area contributed by atoms with E-state index in [1.807, 2.05) is 16.8 Å². The normalized spacial score (nSPS) is 11.0. The van der Waals surface area contributed by atoms with Crippen molar-refractivity contribution in [1.82, 2.24) is 4.98 Å². The topological polar surface area (TPSA) is 51.2 Å². The lowest BCUT2D eigenvalue weighted by atomic mass is 10.1. The van der Waals surface area contributed by atoms with Crippen molar-refractivity contribution in [3.05, 3.63) is 50.8 Å². The summed E-state index contributed by atoms with van der Waals surface area (Å²) >= 11 is 6.45. The molecule has 1 aromatic carbocycles. The Morgan fingerprint density at radius 1 is 1.35 bits per heavy atom. The smallest absolute Gasteiger partial charge is 0.387 e. The Labute approximate surface area is 165 Å². The number of carbonyl (C=O) groups is 1. The van der Waals surface area contributed by atoms with Gasteiger partial charge in [0.1, 0.15) is 10.8 Å². The van der Waals surface area contributed by atoms with Gasteiger partial charge in [-0.05, 0) is 41.1 Å². The first-order valence-corrected chi connectivity index (χ1v) is 10.0. The maximum absolute atomic E-state index is 12.4. The fraction of sp³-hybridized carbons (Fsp3) is 0.176. The molecule has 0 bridgehead atoms. The minimum atomic E-state index is -2.91. The molecule has 0 fully saturated rings. The number of benzene rings is 1. The molecule has 0 saturated carbocycles. The SMILES string of the molecule is Cc1c(NC(=O)Cc2csc(-c3cc(Br)cs3)n2)cccc1OC(F)F. The first-order chi connectivity index (χ1) is 12.4. The lowest BCUT2D eigenvalue weighted by Crippen LogP contribution is -2.16.